The van der Waals surface area contributed by atoms with E-state index < -0.39 is 5.97 Å². The number of aromatic carboxylic acids is 1. The Morgan fingerprint density at radius 2 is 1.89 bits per heavy atom. The average molecular weight is 249 g/mol. The van der Waals surface area contributed by atoms with Crippen molar-refractivity contribution in [1.29, 1.82) is 0 Å². The van der Waals surface area contributed by atoms with Crippen LogP contribution in [0, 0.1) is 13.8 Å². The van der Waals surface area contributed by atoms with Gasteiger partial charge < -0.3 is 10.4 Å². The van der Waals surface area contributed by atoms with Gasteiger partial charge in [-0.25, -0.2) is 4.79 Å². The number of unbranched alkanes of at least 4 members (excludes halogenated alkanes) is 1. The molecule has 0 fully saturated rings. The highest BCUT2D eigenvalue weighted by molar-refractivity contribution is 5.95. The quantitative estimate of drug-likeness (QED) is 0.842. The first-order chi connectivity index (χ1) is 8.45. The fraction of sp³-hybridized carbons (Fsp3) is 0.429. The predicted molar refractivity (Wildman–Crippen MR) is 71.0 cm³/mol. The number of nitrogens with one attached hydrogen (secondary N) is 1. The molecule has 0 unspecified atom stereocenters. The molecule has 1 amide bonds. The third-order valence-electron chi connectivity index (χ3n) is 2.83. The molecular formula is C14H19NO3. The number of carbonyl (C=O) groups excluding carboxylic acids is 1. The molecule has 0 atom stereocenters. The maximum Gasteiger partial charge on any atom is 0.336 e. The summed E-state index contributed by atoms with van der Waals surface area (Å²) >= 11 is 0. The average Bonchev–Trinajstić information content (AvgIpc) is 2.29. The molecule has 0 aliphatic carbocycles. The maximum atomic E-state index is 11.6. The molecule has 0 saturated carbocycles. The minimum absolute atomic E-state index is 0.0693. The van der Waals surface area contributed by atoms with E-state index in [9.17, 15) is 9.59 Å². The first-order valence-corrected chi connectivity index (χ1v) is 6.10. The van der Waals surface area contributed by atoms with Gasteiger partial charge >= 0.3 is 5.97 Å². The van der Waals surface area contributed by atoms with Gasteiger partial charge in [0.2, 0.25) is 5.91 Å². The van der Waals surface area contributed by atoms with Crippen LogP contribution in [0.2, 0.25) is 0 Å². The summed E-state index contributed by atoms with van der Waals surface area (Å²) < 4.78 is 0. The minimum Gasteiger partial charge on any atom is -0.478 e. The molecule has 0 aliphatic rings. The van der Waals surface area contributed by atoms with Crippen LogP contribution in [-0.4, -0.2) is 17.0 Å². The number of rotatable bonds is 5. The lowest BCUT2D eigenvalue weighted by Crippen LogP contribution is -2.13. The Labute approximate surface area is 107 Å². The molecular weight excluding hydrogens is 230 g/mol. The fourth-order valence-corrected chi connectivity index (χ4v) is 1.77. The molecule has 0 bridgehead atoms. The molecule has 0 aromatic heterocycles. The third-order valence-corrected chi connectivity index (χ3v) is 2.83. The molecule has 1 aromatic carbocycles. The molecule has 4 heteroatoms. The Balaban J connectivity index is 2.92. The molecule has 0 radical (unpaired) electrons. The van der Waals surface area contributed by atoms with Crippen molar-refractivity contribution in [3.8, 4) is 0 Å². The zero-order valence-corrected chi connectivity index (χ0v) is 11.0. The predicted octanol–water partition coefficient (Wildman–Crippen LogP) is 3.13. The van der Waals surface area contributed by atoms with Gasteiger partial charge in [-0.15, -0.1) is 0 Å². The highest BCUT2D eigenvalue weighted by atomic mass is 16.4. The van der Waals surface area contributed by atoms with Gasteiger partial charge in [0.25, 0.3) is 0 Å². The Morgan fingerprint density at radius 3 is 2.44 bits per heavy atom. The molecule has 18 heavy (non-hydrogen) atoms. The zero-order chi connectivity index (χ0) is 13.7. The summed E-state index contributed by atoms with van der Waals surface area (Å²) in [4.78, 5) is 22.7. The van der Waals surface area contributed by atoms with E-state index in [-0.39, 0.29) is 11.5 Å². The van der Waals surface area contributed by atoms with Gasteiger partial charge in [0.15, 0.2) is 0 Å². The second-order valence-electron chi connectivity index (χ2n) is 4.44. The summed E-state index contributed by atoms with van der Waals surface area (Å²) in [5, 5.41) is 11.8. The summed E-state index contributed by atoms with van der Waals surface area (Å²) in [5.74, 6) is -1.04. The van der Waals surface area contributed by atoms with Crippen LogP contribution in [0.5, 0.6) is 0 Å². The molecule has 0 heterocycles. The Bertz CT molecular complexity index is 466. The molecule has 4 nitrogen and oxygen atoms in total. The second-order valence-corrected chi connectivity index (χ2v) is 4.44. The molecule has 0 saturated heterocycles. The number of carboxylic acid groups (broad SMARTS) is 1. The number of anilines is 1. The van der Waals surface area contributed by atoms with E-state index in [1.165, 1.54) is 6.07 Å². The Hall–Kier alpha value is -1.84. The summed E-state index contributed by atoms with van der Waals surface area (Å²) in [7, 11) is 0. The number of hydrogen-bond donors (Lipinski definition) is 2. The van der Waals surface area contributed by atoms with Gasteiger partial charge in [-0.3, -0.25) is 4.79 Å². The van der Waals surface area contributed by atoms with E-state index in [0.717, 1.165) is 18.4 Å². The number of aryl methyl sites for hydroxylation is 2. The van der Waals surface area contributed by atoms with Crippen molar-refractivity contribution in [3.05, 3.63) is 28.8 Å². The summed E-state index contributed by atoms with van der Waals surface area (Å²) in [6, 6.07) is 3.30. The van der Waals surface area contributed by atoms with E-state index in [0.29, 0.717) is 17.7 Å². The topological polar surface area (TPSA) is 66.4 Å². The van der Waals surface area contributed by atoms with E-state index in [1.807, 2.05) is 13.8 Å². The van der Waals surface area contributed by atoms with Gasteiger partial charge in [-0.1, -0.05) is 19.4 Å². The van der Waals surface area contributed by atoms with Crippen LogP contribution in [0.1, 0.15) is 47.7 Å². The lowest BCUT2D eigenvalue weighted by molar-refractivity contribution is -0.116. The van der Waals surface area contributed by atoms with Crippen molar-refractivity contribution >= 4 is 17.6 Å². The number of benzene rings is 1. The molecule has 98 valence electrons. The molecule has 0 spiro atoms. The maximum absolute atomic E-state index is 11.6. The molecule has 1 rings (SSSR count). The van der Waals surface area contributed by atoms with Crippen LogP contribution in [0.4, 0.5) is 5.69 Å². The smallest absolute Gasteiger partial charge is 0.336 e. The van der Waals surface area contributed by atoms with Crippen LogP contribution >= 0.6 is 0 Å². The Kier molecular flexibility index (Phi) is 4.89. The van der Waals surface area contributed by atoms with Crippen LogP contribution in [0.3, 0.4) is 0 Å². The van der Waals surface area contributed by atoms with E-state index in [1.54, 1.807) is 13.0 Å². The van der Waals surface area contributed by atoms with Gasteiger partial charge in [0.05, 0.1) is 5.56 Å². The van der Waals surface area contributed by atoms with Crippen molar-refractivity contribution in [2.75, 3.05) is 5.32 Å². The second kappa shape index (κ2) is 6.19. The number of hydrogen-bond acceptors (Lipinski definition) is 2. The standard InChI is InChI=1S/C14H19NO3/c1-4-5-6-13(16)15-12-8-11(14(17)18)9(2)7-10(12)3/h7-8H,4-6H2,1-3H3,(H,15,16)(H,17,18). The monoisotopic (exact) mass is 249 g/mol. The molecule has 1 aromatic rings. The van der Waals surface area contributed by atoms with E-state index in [4.69, 9.17) is 5.11 Å². The van der Waals surface area contributed by atoms with Crippen LogP contribution < -0.4 is 5.32 Å². The largest absolute Gasteiger partial charge is 0.478 e. The lowest BCUT2D eigenvalue weighted by atomic mass is 10.0. The number of carbonyl (C=O) groups is 2. The van der Waals surface area contributed by atoms with Crippen molar-refractivity contribution in [2.45, 2.75) is 40.0 Å². The van der Waals surface area contributed by atoms with Gasteiger partial charge in [0.1, 0.15) is 0 Å². The molecule has 0 aliphatic heterocycles. The first-order valence-electron chi connectivity index (χ1n) is 6.10. The van der Waals surface area contributed by atoms with Crippen molar-refractivity contribution in [3.63, 3.8) is 0 Å². The van der Waals surface area contributed by atoms with Crippen LogP contribution in [0.25, 0.3) is 0 Å². The fourth-order valence-electron chi connectivity index (χ4n) is 1.77. The van der Waals surface area contributed by atoms with E-state index >= 15 is 0 Å². The highest BCUT2D eigenvalue weighted by Gasteiger charge is 2.12. The summed E-state index contributed by atoms with van der Waals surface area (Å²) in [6.45, 7) is 5.63. The summed E-state index contributed by atoms with van der Waals surface area (Å²) in [5.41, 5.74) is 2.39. The lowest BCUT2D eigenvalue weighted by Gasteiger charge is -2.11. The number of carboxylic acids is 1. The highest BCUT2D eigenvalue weighted by Crippen LogP contribution is 2.21. The minimum atomic E-state index is -0.975. The van der Waals surface area contributed by atoms with Gasteiger partial charge in [-0.05, 0) is 37.5 Å². The van der Waals surface area contributed by atoms with E-state index in [2.05, 4.69) is 5.32 Å². The normalized spacial score (nSPS) is 10.2. The third kappa shape index (κ3) is 3.58. The first kappa shape index (κ1) is 14.2. The van der Waals surface area contributed by atoms with Crippen molar-refractivity contribution in [1.82, 2.24) is 0 Å². The Morgan fingerprint density at radius 1 is 1.22 bits per heavy atom. The summed E-state index contributed by atoms with van der Waals surface area (Å²) in [6.07, 6.45) is 2.26. The SMILES string of the molecule is CCCCC(=O)Nc1cc(C(=O)O)c(C)cc1C. The van der Waals surface area contributed by atoms with Crippen LogP contribution in [0.15, 0.2) is 12.1 Å². The zero-order valence-electron chi connectivity index (χ0n) is 11.0. The van der Waals surface area contributed by atoms with Crippen LogP contribution in [-0.2, 0) is 4.79 Å². The van der Waals surface area contributed by atoms with Crippen molar-refractivity contribution < 1.29 is 14.7 Å². The van der Waals surface area contributed by atoms with Gasteiger partial charge in [0, 0.05) is 12.1 Å². The van der Waals surface area contributed by atoms with Crippen molar-refractivity contribution in [2.24, 2.45) is 0 Å². The van der Waals surface area contributed by atoms with Gasteiger partial charge in [-0.2, -0.15) is 0 Å². The molecule has 2 N–H and O–H groups in total. The number of amides is 1.